The Morgan fingerprint density at radius 1 is 1.31 bits per heavy atom. The van der Waals surface area contributed by atoms with Gasteiger partial charge < -0.3 is 10.6 Å². The topological polar surface area (TPSA) is 100 Å². The van der Waals surface area contributed by atoms with Crippen molar-refractivity contribution in [2.45, 2.75) is 6.92 Å². The van der Waals surface area contributed by atoms with Crippen LogP contribution in [0.5, 0.6) is 0 Å². The molecule has 1 aromatic heterocycles. The van der Waals surface area contributed by atoms with Crippen molar-refractivity contribution in [2.24, 2.45) is 5.84 Å². The minimum Gasteiger partial charge on any atom is -0.355 e. The fourth-order valence-corrected chi connectivity index (χ4v) is 3.05. The first-order valence-electron chi connectivity index (χ1n) is 8.20. The van der Waals surface area contributed by atoms with Crippen LogP contribution in [-0.2, 0) is 4.79 Å². The van der Waals surface area contributed by atoms with E-state index >= 15 is 0 Å². The summed E-state index contributed by atoms with van der Waals surface area (Å²) in [5.74, 6) is 5.14. The van der Waals surface area contributed by atoms with E-state index < -0.39 is 11.8 Å². The van der Waals surface area contributed by atoms with Gasteiger partial charge >= 0.3 is 0 Å². The van der Waals surface area contributed by atoms with Crippen molar-refractivity contribution in [3.63, 3.8) is 0 Å². The second kappa shape index (κ2) is 9.76. The predicted molar refractivity (Wildman–Crippen MR) is 117 cm³/mol. The third-order valence-corrected chi connectivity index (χ3v) is 4.39. The van der Waals surface area contributed by atoms with E-state index in [9.17, 15) is 9.59 Å². The van der Waals surface area contributed by atoms with Crippen molar-refractivity contribution >= 4 is 58.1 Å². The van der Waals surface area contributed by atoms with Crippen LogP contribution in [0.25, 0.3) is 0 Å². The predicted octanol–water partition coefficient (Wildman–Crippen LogP) is 4.01. The minimum absolute atomic E-state index is 0.0528. The molecule has 0 spiro atoms. The van der Waals surface area contributed by atoms with E-state index in [0.29, 0.717) is 10.6 Å². The lowest BCUT2D eigenvalue weighted by Crippen LogP contribution is -2.37. The highest BCUT2D eigenvalue weighted by Crippen LogP contribution is 2.28. The van der Waals surface area contributed by atoms with E-state index in [1.165, 1.54) is 25.4 Å². The molecular weight excluding hydrogens is 437 g/mol. The molecule has 2 amide bonds. The maximum atomic E-state index is 13.0. The number of nitrogens with zero attached hydrogens (tertiary/aromatic N) is 2. The van der Waals surface area contributed by atoms with Crippen LogP contribution in [0, 0.1) is 6.92 Å². The van der Waals surface area contributed by atoms with Gasteiger partial charge in [0.05, 0.1) is 16.3 Å². The number of aromatic nitrogens is 1. The lowest BCUT2D eigenvalue weighted by atomic mass is 10.1. The zero-order valence-corrected chi connectivity index (χ0v) is 17.9. The highest BCUT2D eigenvalue weighted by molar-refractivity contribution is 6.33. The highest BCUT2D eigenvalue weighted by Gasteiger charge is 2.23. The average molecular weight is 455 g/mol. The number of aryl methyl sites for hydroxylation is 1. The van der Waals surface area contributed by atoms with Gasteiger partial charge in [0.2, 0.25) is 0 Å². The molecule has 2 aromatic rings. The summed E-state index contributed by atoms with van der Waals surface area (Å²) in [6.45, 7) is 5.26. The maximum Gasteiger partial charge on any atom is 0.273 e. The first kappa shape index (κ1) is 22.7. The Bertz CT molecular complexity index is 1010. The fourth-order valence-electron chi connectivity index (χ4n) is 2.46. The number of halogens is 3. The minimum atomic E-state index is -0.661. The van der Waals surface area contributed by atoms with Gasteiger partial charge in [-0.15, -0.1) is 0 Å². The van der Waals surface area contributed by atoms with Gasteiger partial charge in [-0.1, -0.05) is 41.4 Å². The van der Waals surface area contributed by atoms with E-state index in [0.717, 1.165) is 5.01 Å². The number of nitrogens with one attached hydrogen (secondary N) is 2. The summed E-state index contributed by atoms with van der Waals surface area (Å²) in [5, 5.41) is 6.79. The van der Waals surface area contributed by atoms with Gasteiger partial charge in [0.25, 0.3) is 11.8 Å². The van der Waals surface area contributed by atoms with Crippen LogP contribution < -0.4 is 21.5 Å². The summed E-state index contributed by atoms with van der Waals surface area (Å²) < 4.78 is 0. The van der Waals surface area contributed by atoms with Gasteiger partial charge in [-0.3, -0.25) is 14.6 Å². The third-order valence-electron chi connectivity index (χ3n) is 3.76. The van der Waals surface area contributed by atoms with E-state index in [-0.39, 0.29) is 32.8 Å². The SMILES string of the molecule is C=C(Cl)/C=C(/C(=O)Nc1c(C)cc(Cl)cc1C(=O)NC)N(N)c1ncccc1Cl. The number of amides is 2. The first-order chi connectivity index (χ1) is 13.6. The average Bonchev–Trinajstić information content (AvgIpc) is 2.66. The lowest BCUT2D eigenvalue weighted by Gasteiger charge is -2.22. The molecule has 1 heterocycles. The smallest absolute Gasteiger partial charge is 0.273 e. The van der Waals surface area contributed by atoms with Crippen molar-refractivity contribution < 1.29 is 9.59 Å². The van der Waals surface area contributed by atoms with Gasteiger partial charge in [0.15, 0.2) is 5.82 Å². The normalized spacial score (nSPS) is 11.0. The van der Waals surface area contributed by atoms with E-state index in [4.69, 9.17) is 40.6 Å². The number of pyridine rings is 1. The number of anilines is 2. The molecule has 10 heteroatoms. The number of carbonyl (C=O) groups is 2. The van der Waals surface area contributed by atoms with Crippen molar-refractivity contribution in [3.8, 4) is 0 Å². The Labute approximate surface area is 183 Å². The molecule has 0 aliphatic heterocycles. The van der Waals surface area contributed by atoms with Crippen molar-refractivity contribution in [1.82, 2.24) is 10.3 Å². The number of allylic oxidation sites excluding steroid dienone is 2. The van der Waals surface area contributed by atoms with E-state index in [1.807, 2.05) is 0 Å². The number of hydrogen-bond donors (Lipinski definition) is 3. The van der Waals surface area contributed by atoms with Crippen molar-refractivity contribution in [1.29, 1.82) is 0 Å². The maximum absolute atomic E-state index is 13.0. The molecule has 4 N–H and O–H groups in total. The van der Waals surface area contributed by atoms with Crippen LogP contribution in [0.3, 0.4) is 0 Å². The second-order valence-electron chi connectivity index (χ2n) is 5.83. The van der Waals surface area contributed by atoms with Crippen molar-refractivity contribution in [2.75, 3.05) is 17.4 Å². The molecule has 0 fully saturated rings. The molecule has 152 valence electrons. The van der Waals surface area contributed by atoms with Gasteiger partial charge in [-0.25, -0.2) is 10.8 Å². The van der Waals surface area contributed by atoms with Gasteiger partial charge in [-0.05, 0) is 42.8 Å². The third kappa shape index (κ3) is 5.48. The van der Waals surface area contributed by atoms with Crippen LogP contribution in [-0.4, -0.2) is 23.8 Å². The van der Waals surface area contributed by atoms with Crippen LogP contribution >= 0.6 is 34.8 Å². The van der Waals surface area contributed by atoms with Gasteiger partial charge in [-0.2, -0.15) is 0 Å². The number of carbonyl (C=O) groups excluding carboxylic acids is 2. The molecule has 0 radical (unpaired) electrons. The summed E-state index contributed by atoms with van der Waals surface area (Å²) in [5.41, 5.74) is 0.940. The van der Waals surface area contributed by atoms with Gasteiger partial charge in [0, 0.05) is 23.3 Å². The summed E-state index contributed by atoms with van der Waals surface area (Å²) in [7, 11) is 1.47. The molecule has 0 aliphatic rings. The second-order valence-corrected chi connectivity index (χ2v) is 7.16. The molecule has 0 atom stereocenters. The van der Waals surface area contributed by atoms with Crippen LogP contribution in [0.15, 0.2) is 53.8 Å². The summed E-state index contributed by atoms with van der Waals surface area (Å²) >= 11 is 18.1. The Morgan fingerprint density at radius 3 is 2.59 bits per heavy atom. The zero-order chi connectivity index (χ0) is 21.7. The molecule has 7 nitrogen and oxygen atoms in total. The summed E-state index contributed by atoms with van der Waals surface area (Å²) in [4.78, 5) is 29.4. The molecule has 0 saturated heterocycles. The standard InChI is InChI=1S/C19H18Cl3N5O2/c1-10-7-12(21)9-13(18(28)24-3)16(10)26-19(29)15(8-11(2)20)27(23)17-14(22)5-4-6-25-17/h4-9H,2,23H2,1,3H3,(H,24,28)(H,26,29)/b15-8-. The zero-order valence-electron chi connectivity index (χ0n) is 15.6. The largest absolute Gasteiger partial charge is 0.355 e. The quantitative estimate of drug-likeness (QED) is 0.265. The molecule has 0 saturated carbocycles. The molecule has 1 aromatic carbocycles. The molecule has 29 heavy (non-hydrogen) atoms. The molecule has 0 unspecified atom stereocenters. The highest BCUT2D eigenvalue weighted by atomic mass is 35.5. The Hall–Kier alpha value is -2.58. The number of nitrogens with two attached hydrogens (primary N) is 1. The molecule has 0 bridgehead atoms. The molecule has 0 aliphatic carbocycles. The summed E-state index contributed by atoms with van der Waals surface area (Å²) in [6, 6.07) is 6.25. The number of hydrogen-bond acceptors (Lipinski definition) is 5. The number of hydrazine groups is 1. The first-order valence-corrected chi connectivity index (χ1v) is 9.34. The van der Waals surface area contributed by atoms with E-state index in [2.05, 4.69) is 22.2 Å². The van der Waals surface area contributed by atoms with Crippen molar-refractivity contribution in [3.05, 3.63) is 75.0 Å². The molecule has 2 rings (SSSR count). The summed E-state index contributed by atoms with van der Waals surface area (Å²) in [6.07, 6.45) is 2.73. The van der Waals surface area contributed by atoms with Crippen LogP contribution in [0.2, 0.25) is 10.0 Å². The Balaban J connectivity index is 2.49. The molecular formula is C19H18Cl3N5O2. The van der Waals surface area contributed by atoms with Gasteiger partial charge in [0.1, 0.15) is 5.70 Å². The Kier molecular flexibility index (Phi) is 7.64. The monoisotopic (exact) mass is 453 g/mol. The number of rotatable bonds is 6. The lowest BCUT2D eigenvalue weighted by molar-refractivity contribution is -0.112. The Morgan fingerprint density at radius 2 is 2.00 bits per heavy atom. The number of benzene rings is 1. The van der Waals surface area contributed by atoms with E-state index in [1.54, 1.807) is 25.1 Å². The van der Waals surface area contributed by atoms with Crippen LogP contribution in [0.1, 0.15) is 15.9 Å². The van der Waals surface area contributed by atoms with Crippen LogP contribution in [0.4, 0.5) is 11.5 Å². The fraction of sp³-hybridized carbons (Fsp3) is 0.105.